The number of ketones is 1. The first-order valence-corrected chi connectivity index (χ1v) is 7.71. The van der Waals surface area contributed by atoms with Gasteiger partial charge in [0.15, 0.2) is 5.78 Å². The predicted molar refractivity (Wildman–Crippen MR) is 90.1 cm³/mol. The highest BCUT2D eigenvalue weighted by atomic mass is 35.5. The van der Waals surface area contributed by atoms with Crippen LogP contribution in [0.15, 0.2) is 30.3 Å². The van der Waals surface area contributed by atoms with Crippen molar-refractivity contribution in [2.24, 2.45) is 5.41 Å². The minimum absolute atomic E-state index is 0.0331. The van der Waals surface area contributed by atoms with Gasteiger partial charge in [-0.2, -0.15) is 5.10 Å². The second-order valence-corrected chi connectivity index (χ2v) is 6.71. The van der Waals surface area contributed by atoms with Crippen LogP contribution in [0.3, 0.4) is 0 Å². The van der Waals surface area contributed by atoms with Gasteiger partial charge in [-0.15, -0.1) is 0 Å². The van der Waals surface area contributed by atoms with Gasteiger partial charge in [-0.05, 0) is 19.1 Å². The first-order valence-electron chi connectivity index (χ1n) is 7.34. The van der Waals surface area contributed by atoms with Crippen molar-refractivity contribution in [1.82, 2.24) is 15.1 Å². The number of aryl methyl sites for hydroxylation is 1. The molecule has 2 rings (SSSR count). The molecule has 122 valence electrons. The van der Waals surface area contributed by atoms with Gasteiger partial charge in [0.05, 0.1) is 23.5 Å². The molecule has 0 atom stereocenters. The molecule has 6 heteroatoms. The molecule has 0 radical (unpaired) electrons. The Labute approximate surface area is 140 Å². The molecule has 0 saturated carbocycles. The molecule has 0 aliphatic carbocycles. The van der Waals surface area contributed by atoms with Crippen molar-refractivity contribution in [2.75, 3.05) is 6.54 Å². The third-order valence-electron chi connectivity index (χ3n) is 3.48. The van der Waals surface area contributed by atoms with Crippen molar-refractivity contribution in [1.29, 1.82) is 0 Å². The molecule has 1 aromatic carbocycles. The first-order chi connectivity index (χ1) is 10.7. The van der Waals surface area contributed by atoms with Crippen LogP contribution in [0.5, 0.6) is 0 Å². The maximum Gasteiger partial charge on any atom is 0.256 e. The van der Waals surface area contributed by atoms with Gasteiger partial charge in [0.1, 0.15) is 5.15 Å². The molecular formula is C17H20ClN3O2. The first kappa shape index (κ1) is 17.2. The van der Waals surface area contributed by atoms with Crippen LogP contribution in [-0.2, 0) is 4.79 Å². The normalized spacial score (nSPS) is 11.3. The average Bonchev–Trinajstić information content (AvgIpc) is 2.79. The van der Waals surface area contributed by atoms with Gasteiger partial charge < -0.3 is 5.32 Å². The second-order valence-electron chi connectivity index (χ2n) is 6.35. The van der Waals surface area contributed by atoms with Crippen LogP contribution in [0.2, 0.25) is 5.15 Å². The maximum atomic E-state index is 12.4. The molecule has 0 unspecified atom stereocenters. The van der Waals surface area contributed by atoms with Crippen LogP contribution < -0.4 is 5.32 Å². The lowest BCUT2D eigenvalue weighted by atomic mass is 9.91. The number of rotatable bonds is 4. The number of benzene rings is 1. The number of amides is 1. The van der Waals surface area contributed by atoms with Gasteiger partial charge in [0.2, 0.25) is 0 Å². The third kappa shape index (κ3) is 3.79. The molecule has 1 heterocycles. The fourth-order valence-corrected chi connectivity index (χ4v) is 2.37. The lowest BCUT2D eigenvalue weighted by molar-refractivity contribution is -0.125. The minimum Gasteiger partial charge on any atom is -0.345 e. The van der Waals surface area contributed by atoms with Crippen molar-refractivity contribution in [3.63, 3.8) is 0 Å². The molecule has 0 bridgehead atoms. The number of hydrogen-bond donors (Lipinski definition) is 1. The summed E-state index contributed by atoms with van der Waals surface area (Å²) in [6, 6.07) is 9.32. The predicted octanol–water partition coefficient (Wildman–Crippen LogP) is 3.18. The largest absolute Gasteiger partial charge is 0.345 e. The van der Waals surface area contributed by atoms with Crippen molar-refractivity contribution in [3.05, 3.63) is 46.7 Å². The number of hydrogen-bond acceptors (Lipinski definition) is 3. The fourth-order valence-electron chi connectivity index (χ4n) is 2.01. The van der Waals surface area contributed by atoms with Crippen LogP contribution >= 0.6 is 11.6 Å². The van der Waals surface area contributed by atoms with E-state index in [2.05, 4.69) is 10.4 Å². The number of carbonyl (C=O) groups excluding carboxylic acids is 2. The Balaban J connectivity index is 2.22. The zero-order valence-electron chi connectivity index (χ0n) is 13.7. The molecule has 5 nitrogen and oxygen atoms in total. The molecule has 0 aliphatic rings. The van der Waals surface area contributed by atoms with E-state index in [0.29, 0.717) is 5.69 Å². The van der Waals surface area contributed by atoms with Crippen LogP contribution in [0.4, 0.5) is 0 Å². The van der Waals surface area contributed by atoms with Gasteiger partial charge in [0, 0.05) is 5.41 Å². The van der Waals surface area contributed by atoms with Crippen molar-refractivity contribution in [2.45, 2.75) is 27.7 Å². The summed E-state index contributed by atoms with van der Waals surface area (Å²) in [6.07, 6.45) is 0. The molecule has 0 fully saturated rings. The highest BCUT2D eigenvalue weighted by molar-refractivity contribution is 6.33. The van der Waals surface area contributed by atoms with E-state index in [1.165, 1.54) is 4.68 Å². The maximum absolute atomic E-state index is 12.4. The molecule has 0 saturated heterocycles. The molecule has 1 amide bonds. The topological polar surface area (TPSA) is 64.0 Å². The fraction of sp³-hybridized carbons (Fsp3) is 0.353. The van der Waals surface area contributed by atoms with Gasteiger partial charge in [-0.1, -0.05) is 50.6 Å². The van der Waals surface area contributed by atoms with E-state index in [1.54, 1.807) is 6.92 Å². The third-order valence-corrected chi connectivity index (χ3v) is 3.83. The van der Waals surface area contributed by atoms with Crippen molar-refractivity contribution < 1.29 is 9.59 Å². The number of nitrogens with zero attached hydrogens (tertiary/aromatic N) is 2. The minimum atomic E-state index is -0.500. The van der Waals surface area contributed by atoms with E-state index < -0.39 is 11.3 Å². The summed E-state index contributed by atoms with van der Waals surface area (Å²) in [4.78, 5) is 24.3. The van der Waals surface area contributed by atoms with E-state index in [0.717, 1.165) is 5.69 Å². The molecule has 1 N–H and O–H groups in total. The Morgan fingerprint density at radius 1 is 1.22 bits per heavy atom. The van der Waals surface area contributed by atoms with Crippen LogP contribution in [-0.4, -0.2) is 28.0 Å². The van der Waals surface area contributed by atoms with E-state index in [4.69, 9.17) is 11.6 Å². The Hall–Kier alpha value is -2.14. The highest BCUT2D eigenvalue weighted by Crippen LogP contribution is 2.23. The van der Waals surface area contributed by atoms with Gasteiger partial charge >= 0.3 is 0 Å². The summed E-state index contributed by atoms with van der Waals surface area (Å²) >= 11 is 6.32. The summed E-state index contributed by atoms with van der Waals surface area (Å²) in [7, 11) is 0. The smallest absolute Gasteiger partial charge is 0.256 e. The molecule has 2 aromatic rings. The van der Waals surface area contributed by atoms with Crippen LogP contribution in [0.25, 0.3) is 5.69 Å². The highest BCUT2D eigenvalue weighted by Gasteiger charge is 2.24. The van der Waals surface area contributed by atoms with E-state index in [-0.39, 0.29) is 23.0 Å². The lowest BCUT2D eigenvalue weighted by Crippen LogP contribution is -2.35. The SMILES string of the molecule is Cc1nn(-c2ccccc2)c(Cl)c1C(=O)NCC(=O)C(C)(C)C. The zero-order chi connectivity index (χ0) is 17.2. The van der Waals surface area contributed by atoms with Gasteiger partial charge in [0.25, 0.3) is 5.91 Å². The van der Waals surface area contributed by atoms with E-state index in [9.17, 15) is 9.59 Å². The van der Waals surface area contributed by atoms with E-state index in [1.807, 2.05) is 51.1 Å². The number of Topliss-reactive ketones (excluding diaryl/α,β-unsaturated/α-hetero) is 1. The molecule has 23 heavy (non-hydrogen) atoms. The lowest BCUT2D eigenvalue weighted by Gasteiger charge is -2.16. The van der Waals surface area contributed by atoms with Crippen LogP contribution in [0, 0.1) is 12.3 Å². The zero-order valence-corrected chi connectivity index (χ0v) is 14.4. The summed E-state index contributed by atoms with van der Waals surface area (Å²) in [6.45, 7) is 7.12. The Kier molecular flexibility index (Phi) is 4.90. The molecule has 0 aliphatic heterocycles. The molecule has 1 aromatic heterocycles. The second kappa shape index (κ2) is 6.54. The Bertz CT molecular complexity index is 730. The van der Waals surface area contributed by atoms with Gasteiger partial charge in [-0.25, -0.2) is 4.68 Å². The van der Waals surface area contributed by atoms with Crippen molar-refractivity contribution >= 4 is 23.3 Å². The number of aromatic nitrogens is 2. The quantitative estimate of drug-likeness (QED) is 0.934. The summed E-state index contributed by atoms with van der Waals surface area (Å²) in [5.74, 6) is -0.442. The summed E-state index contributed by atoms with van der Waals surface area (Å²) in [5.41, 5.74) is 1.07. The standard InChI is InChI=1S/C17H20ClN3O2/c1-11-14(16(23)19-10-13(22)17(2,3)4)15(18)21(20-11)12-8-6-5-7-9-12/h5-9H,10H2,1-4H3,(H,19,23). The average molecular weight is 334 g/mol. The Morgan fingerprint density at radius 2 is 1.83 bits per heavy atom. The van der Waals surface area contributed by atoms with E-state index >= 15 is 0 Å². The summed E-state index contributed by atoms with van der Waals surface area (Å²) < 4.78 is 1.51. The summed E-state index contributed by atoms with van der Waals surface area (Å²) in [5, 5.41) is 7.17. The van der Waals surface area contributed by atoms with Crippen molar-refractivity contribution in [3.8, 4) is 5.69 Å². The number of carbonyl (C=O) groups is 2. The monoisotopic (exact) mass is 333 g/mol. The number of nitrogens with one attached hydrogen (secondary N) is 1. The molecular weight excluding hydrogens is 314 g/mol. The molecule has 0 spiro atoms. The Morgan fingerprint density at radius 3 is 2.39 bits per heavy atom. The van der Waals surface area contributed by atoms with Crippen LogP contribution in [0.1, 0.15) is 36.8 Å². The number of para-hydroxylation sites is 1. The number of halogens is 1. The van der Waals surface area contributed by atoms with Gasteiger partial charge in [-0.3, -0.25) is 9.59 Å².